The maximum absolute atomic E-state index is 12.5. The number of H-pyrrole nitrogens is 1. The van der Waals surface area contributed by atoms with E-state index in [1.54, 1.807) is 7.11 Å². The van der Waals surface area contributed by atoms with Crippen molar-refractivity contribution >= 4 is 5.91 Å². The topological polar surface area (TPSA) is 89.3 Å². The van der Waals surface area contributed by atoms with Crippen molar-refractivity contribution in [2.45, 2.75) is 6.54 Å². The molecule has 0 aliphatic rings. The molecule has 0 fully saturated rings. The van der Waals surface area contributed by atoms with Crippen LogP contribution in [0.2, 0.25) is 0 Å². The Bertz CT molecular complexity index is 688. The summed E-state index contributed by atoms with van der Waals surface area (Å²) in [6, 6.07) is 10.8. The smallest absolute Gasteiger partial charge is 0.255 e. The predicted molar refractivity (Wildman–Crippen MR) is 80.3 cm³/mol. The van der Waals surface area contributed by atoms with Crippen LogP contribution in [0.1, 0.15) is 21.6 Å². The number of nitrogens with zero attached hydrogens (tertiary/aromatic N) is 2. The van der Waals surface area contributed by atoms with Gasteiger partial charge in [-0.3, -0.25) is 4.79 Å². The molecule has 22 heavy (non-hydrogen) atoms. The van der Waals surface area contributed by atoms with Crippen molar-refractivity contribution in [2.24, 2.45) is 0 Å². The zero-order valence-corrected chi connectivity index (χ0v) is 12.2. The van der Waals surface area contributed by atoms with Crippen LogP contribution in [0.3, 0.4) is 0 Å². The molecule has 1 aromatic carbocycles. The van der Waals surface area contributed by atoms with Gasteiger partial charge in [0.05, 0.1) is 19.3 Å². The van der Waals surface area contributed by atoms with Crippen LogP contribution in [-0.4, -0.2) is 41.2 Å². The quantitative estimate of drug-likeness (QED) is 0.846. The van der Waals surface area contributed by atoms with Crippen LogP contribution in [0.5, 0.6) is 5.75 Å². The number of nitriles is 1. The first-order valence-corrected chi connectivity index (χ1v) is 6.80. The van der Waals surface area contributed by atoms with Gasteiger partial charge in [-0.25, -0.2) is 0 Å². The van der Waals surface area contributed by atoms with Crippen LogP contribution in [-0.2, 0) is 6.54 Å². The molecule has 0 aliphatic heterocycles. The van der Waals surface area contributed by atoms with Gasteiger partial charge < -0.3 is 19.7 Å². The van der Waals surface area contributed by atoms with Gasteiger partial charge in [0.2, 0.25) is 0 Å². The minimum atomic E-state index is -0.252. The van der Waals surface area contributed by atoms with Crippen molar-refractivity contribution < 1.29 is 14.6 Å². The van der Waals surface area contributed by atoms with Gasteiger partial charge in [0.15, 0.2) is 0 Å². The highest BCUT2D eigenvalue weighted by atomic mass is 16.5. The summed E-state index contributed by atoms with van der Waals surface area (Å²) in [5.41, 5.74) is 1.56. The van der Waals surface area contributed by atoms with Gasteiger partial charge in [0, 0.05) is 24.8 Å². The summed E-state index contributed by atoms with van der Waals surface area (Å²) in [4.78, 5) is 16.8. The lowest BCUT2D eigenvalue weighted by atomic mass is 10.1. The lowest BCUT2D eigenvalue weighted by molar-refractivity contribution is 0.0707. The third kappa shape index (κ3) is 3.45. The van der Waals surface area contributed by atoms with Crippen molar-refractivity contribution in [1.82, 2.24) is 9.88 Å². The number of aromatic nitrogens is 1. The number of benzene rings is 1. The van der Waals surface area contributed by atoms with Crippen molar-refractivity contribution in [3.63, 3.8) is 0 Å². The summed E-state index contributed by atoms with van der Waals surface area (Å²) in [5, 5.41) is 18.0. The molecule has 0 atom stereocenters. The van der Waals surface area contributed by atoms with E-state index in [0.717, 1.165) is 5.56 Å². The summed E-state index contributed by atoms with van der Waals surface area (Å²) in [5.74, 6) is 0.433. The first-order valence-electron chi connectivity index (χ1n) is 6.80. The third-order valence-corrected chi connectivity index (χ3v) is 3.26. The standard InChI is InChI=1S/C16H17N3O3/c1-22-15-5-3-2-4-12(15)11-19(6-7-20)16(21)13-8-14(9-17)18-10-13/h2-5,8,10,18,20H,6-7,11H2,1H3. The van der Waals surface area contributed by atoms with Gasteiger partial charge in [0.1, 0.15) is 17.5 Å². The molecule has 6 nitrogen and oxygen atoms in total. The second kappa shape index (κ2) is 7.29. The fourth-order valence-corrected chi connectivity index (χ4v) is 2.18. The lowest BCUT2D eigenvalue weighted by Gasteiger charge is -2.22. The number of aliphatic hydroxyl groups excluding tert-OH is 1. The molecular formula is C16H17N3O3. The van der Waals surface area contributed by atoms with E-state index >= 15 is 0 Å². The Hall–Kier alpha value is -2.78. The van der Waals surface area contributed by atoms with Crippen molar-refractivity contribution in [3.05, 3.63) is 53.3 Å². The summed E-state index contributed by atoms with van der Waals surface area (Å²) < 4.78 is 5.28. The number of hydrogen-bond donors (Lipinski definition) is 2. The van der Waals surface area contributed by atoms with Crippen molar-refractivity contribution in [2.75, 3.05) is 20.3 Å². The number of nitrogens with one attached hydrogen (secondary N) is 1. The molecule has 0 bridgehead atoms. The molecule has 2 N–H and O–H groups in total. The van der Waals surface area contributed by atoms with E-state index in [1.807, 2.05) is 30.3 Å². The van der Waals surface area contributed by atoms with Crippen molar-refractivity contribution in [1.29, 1.82) is 5.26 Å². The number of carbonyl (C=O) groups is 1. The number of hydrogen-bond acceptors (Lipinski definition) is 4. The SMILES string of the molecule is COc1ccccc1CN(CCO)C(=O)c1c[nH]c(C#N)c1. The molecule has 1 amide bonds. The fourth-order valence-electron chi connectivity index (χ4n) is 2.18. The average Bonchev–Trinajstić information content (AvgIpc) is 3.03. The fraction of sp³-hybridized carbons (Fsp3) is 0.250. The molecule has 0 radical (unpaired) electrons. The minimum absolute atomic E-state index is 0.142. The predicted octanol–water partition coefficient (Wildman–Crippen LogP) is 1.53. The second-order valence-electron chi connectivity index (χ2n) is 4.68. The average molecular weight is 299 g/mol. The Morgan fingerprint density at radius 3 is 2.86 bits per heavy atom. The Kier molecular flexibility index (Phi) is 5.17. The Labute approximate surface area is 128 Å². The Morgan fingerprint density at radius 1 is 1.45 bits per heavy atom. The zero-order valence-electron chi connectivity index (χ0n) is 12.2. The molecule has 0 aliphatic carbocycles. The molecule has 1 heterocycles. The second-order valence-corrected chi connectivity index (χ2v) is 4.68. The number of carbonyl (C=O) groups excluding carboxylic acids is 1. The summed E-state index contributed by atoms with van der Waals surface area (Å²) >= 11 is 0. The largest absolute Gasteiger partial charge is 0.496 e. The van der Waals surface area contributed by atoms with Gasteiger partial charge in [-0.2, -0.15) is 5.26 Å². The summed E-state index contributed by atoms with van der Waals surface area (Å²) in [6.45, 7) is 0.372. The summed E-state index contributed by atoms with van der Waals surface area (Å²) in [7, 11) is 1.57. The van der Waals surface area contributed by atoms with Crippen LogP contribution in [0.4, 0.5) is 0 Å². The first-order chi connectivity index (χ1) is 10.7. The van der Waals surface area contributed by atoms with Crippen LogP contribution < -0.4 is 4.74 Å². The number of amides is 1. The molecule has 0 saturated carbocycles. The maximum Gasteiger partial charge on any atom is 0.255 e. The van der Waals surface area contributed by atoms with Crippen LogP contribution in [0.15, 0.2) is 36.5 Å². The van der Waals surface area contributed by atoms with E-state index in [1.165, 1.54) is 17.2 Å². The number of rotatable bonds is 6. The zero-order chi connectivity index (χ0) is 15.9. The number of ether oxygens (including phenoxy) is 1. The maximum atomic E-state index is 12.5. The highest BCUT2D eigenvalue weighted by molar-refractivity contribution is 5.94. The normalized spacial score (nSPS) is 10.0. The monoisotopic (exact) mass is 299 g/mol. The van der Waals surface area contributed by atoms with Gasteiger partial charge in [-0.15, -0.1) is 0 Å². The highest BCUT2D eigenvalue weighted by Crippen LogP contribution is 2.20. The van der Waals surface area contributed by atoms with E-state index in [9.17, 15) is 9.90 Å². The molecule has 1 aromatic heterocycles. The molecule has 6 heteroatoms. The summed E-state index contributed by atoms with van der Waals surface area (Å²) in [6.07, 6.45) is 1.49. The molecule has 114 valence electrons. The Balaban J connectivity index is 2.22. The molecule has 0 unspecified atom stereocenters. The van der Waals surface area contributed by atoms with Crippen LogP contribution in [0, 0.1) is 11.3 Å². The number of para-hydroxylation sites is 1. The number of aromatic amines is 1. The molecular weight excluding hydrogens is 282 g/mol. The molecule has 0 saturated heterocycles. The molecule has 0 spiro atoms. The van der Waals surface area contributed by atoms with Crippen molar-refractivity contribution in [3.8, 4) is 11.8 Å². The highest BCUT2D eigenvalue weighted by Gasteiger charge is 2.18. The molecule has 2 aromatic rings. The number of aliphatic hydroxyl groups is 1. The van der Waals surface area contributed by atoms with E-state index in [4.69, 9.17) is 10.00 Å². The van der Waals surface area contributed by atoms with Crippen LogP contribution >= 0.6 is 0 Å². The minimum Gasteiger partial charge on any atom is -0.496 e. The molecule has 2 rings (SSSR count). The van der Waals surface area contributed by atoms with Crippen LogP contribution in [0.25, 0.3) is 0 Å². The van der Waals surface area contributed by atoms with Gasteiger partial charge in [-0.1, -0.05) is 18.2 Å². The van der Waals surface area contributed by atoms with E-state index in [0.29, 0.717) is 23.6 Å². The lowest BCUT2D eigenvalue weighted by Crippen LogP contribution is -2.33. The third-order valence-electron chi connectivity index (χ3n) is 3.26. The van der Waals surface area contributed by atoms with Gasteiger partial charge >= 0.3 is 0 Å². The first kappa shape index (κ1) is 15.6. The number of methoxy groups -OCH3 is 1. The van der Waals surface area contributed by atoms with Gasteiger partial charge in [-0.05, 0) is 12.1 Å². The van der Waals surface area contributed by atoms with E-state index < -0.39 is 0 Å². The van der Waals surface area contributed by atoms with Gasteiger partial charge in [0.25, 0.3) is 5.91 Å². The van der Waals surface area contributed by atoms with E-state index in [2.05, 4.69) is 4.98 Å². The Morgan fingerprint density at radius 2 is 2.23 bits per heavy atom. The van der Waals surface area contributed by atoms with E-state index in [-0.39, 0.29) is 19.1 Å².